The lowest BCUT2D eigenvalue weighted by atomic mass is 9.95. The number of aromatic amines is 1. The largest absolute Gasteiger partial charge is 0.459 e. The maximum Gasteiger partial charge on any atom is 0.411 e. The Balaban J connectivity index is 1.30. The number of aryl methyl sites for hydroxylation is 2. The Kier molecular flexibility index (Phi) is 9.40. The van der Waals surface area contributed by atoms with Crippen molar-refractivity contribution in [2.75, 3.05) is 0 Å². The summed E-state index contributed by atoms with van der Waals surface area (Å²) in [5, 5.41) is 8.79. The van der Waals surface area contributed by atoms with E-state index in [2.05, 4.69) is 16.6 Å². The van der Waals surface area contributed by atoms with E-state index < -0.39 is 23.7 Å². The molecule has 0 radical (unpaired) electrons. The Hall–Kier alpha value is -5.77. The molecule has 6 aromatic rings. The molecule has 0 fully saturated rings. The summed E-state index contributed by atoms with van der Waals surface area (Å²) >= 11 is 0. The van der Waals surface area contributed by atoms with Crippen molar-refractivity contribution in [2.45, 2.75) is 78.8 Å². The zero-order valence-electron chi connectivity index (χ0n) is 30.1. The van der Waals surface area contributed by atoms with Crippen LogP contribution >= 0.6 is 0 Å². The first-order chi connectivity index (χ1) is 25.0. The smallest absolute Gasteiger partial charge is 0.411 e. The van der Waals surface area contributed by atoms with Gasteiger partial charge in [0.15, 0.2) is 5.82 Å². The molecule has 52 heavy (non-hydrogen) atoms. The molecule has 0 aliphatic carbocycles. The van der Waals surface area contributed by atoms with Crippen molar-refractivity contribution in [3.05, 3.63) is 130 Å². The highest BCUT2D eigenvalue weighted by atomic mass is 19.1. The monoisotopic (exact) mass is 699 g/mol. The number of carbonyl (C=O) groups excluding carboxylic acids is 2. The van der Waals surface area contributed by atoms with Gasteiger partial charge in [-0.25, -0.2) is 19.0 Å². The van der Waals surface area contributed by atoms with E-state index in [-0.39, 0.29) is 25.4 Å². The van der Waals surface area contributed by atoms with Crippen molar-refractivity contribution < 1.29 is 23.5 Å². The van der Waals surface area contributed by atoms with E-state index in [4.69, 9.17) is 19.6 Å². The van der Waals surface area contributed by atoms with Crippen LogP contribution in [-0.2, 0) is 46.8 Å². The highest BCUT2D eigenvalue weighted by molar-refractivity contribution is 5.94. The van der Waals surface area contributed by atoms with Gasteiger partial charge >= 0.3 is 12.1 Å². The first kappa shape index (κ1) is 34.7. The van der Waals surface area contributed by atoms with Gasteiger partial charge in [-0.3, -0.25) is 10.00 Å². The number of rotatable bonds is 8. The lowest BCUT2D eigenvalue weighted by Crippen LogP contribution is -2.51. The number of nitrogens with zero attached hydrogens (tertiary/aromatic N) is 4. The van der Waals surface area contributed by atoms with Crippen molar-refractivity contribution in [2.24, 2.45) is 0 Å². The average Bonchev–Trinajstić information content (AvgIpc) is 3.71. The van der Waals surface area contributed by atoms with E-state index in [0.29, 0.717) is 29.3 Å². The lowest BCUT2D eigenvalue weighted by molar-refractivity contribution is -0.152. The molecule has 7 rings (SSSR count). The van der Waals surface area contributed by atoms with Crippen molar-refractivity contribution in [1.82, 2.24) is 24.6 Å². The Bertz CT molecular complexity index is 2260. The third-order valence-electron chi connectivity index (χ3n) is 9.40. The number of esters is 1. The van der Waals surface area contributed by atoms with E-state index in [9.17, 15) is 14.0 Å². The molecule has 10 heteroatoms. The molecule has 0 unspecified atom stereocenters. The van der Waals surface area contributed by atoms with Crippen LogP contribution in [0.1, 0.15) is 61.3 Å². The van der Waals surface area contributed by atoms with E-state index in [0.717, 1.165) is 50.8 Å². The number of halogens is 1. The minimum atomic E-state index is -0.939. The van der Waals surface area contributed by atoms with E-state index in [1.54, 1.807) is 33.8 Å². The van der Waals surface area contributed by atoms with Gasteiger partial charge in [0.1, 0.15) is 29.8 Å². The summed E-state index contributed by atoms with van der Waals surface area (Å²) < 4.78 is 28.4. The first-order valence-corrected chi connectivity index (χ1v) is 17.6. The fourth-order valence-corrected chi connectivity index (χ4v) is 6.78. The SMILES string of the molecule is CCc1cc(C)c(F)cc1-c1ccc2c(-c3nc4c(n3Cc3ccccc3)C[C@@H](C(=O)OCc3ccccc3)N(C(=O)OC(C)(C)C)C4)n[nH]c2c1. The summed E-state index contributed by atoms with van der Waals surface area (Å²) in [6.07, 6.45) is 0.329. The van der Waals surface area contributed by atoms with Crippen molar-refractivity contribution in [3.63, 3.8) is 0 Å². The first-order valence-electron chi connectivity index (χ1n) is 17.6. The number of H-pyrrole nitrogens is 1. The molecule has 266 valence electrons. The minimum Gasteiger partial charge on any atom is -0.459 e. The molecule has 1 aliphatic rings. The Morgan fingerprint density at radius 2 is 1.67 bits per heavy atom. The Morgan fingerprint density at radius 3 is 2.37 bits per heavy atom. The molecule has 0 bridgehead atoms. The van der Waals surface area contributed by atoms with E-state index in [1.165, 1.54) is 4.90 Å². The zero-order valence-corrected chi connectivity index (χ0v) is 30.1. The summed E-state index contributed by atoms with van der Waals surface area (Å²) in [4.78, 5) is 34.0. The van der Waals surface area contributed by atoms with Gasteiger partial charge in [0.05, 0.1) is 17.8 Å². The van der Waals surface area contributed by atoms with Crippen molar-refractivity contribution >= 4 is 23.0 Å². The van der Waals surface area contributed by atoms with Crippen LogP contribution in [0.5, 0.6) is 0 Å². The van der Waals surface area contributed by atoms with Crippen LogP contribution in [-0.4, -0.2) is 48.4 Å². The number of nitrogens with one attached hydrogen (secondary N) is 1. The second-order valence-corrected chi connectivity index (χ2v) is 14.3. The van der Waals surface area contributed by atoms with Gasteiger partial charge in [0.25, 0.3) is 0 Å². The van der Waals surface area contributed by atoms with Crippen LogP contribution in [0.2, 0.25) is 0 Å². The number of hydrogen-bond acceptors (Lipinski definition) is 6. The Labute approximate surface area is 302 Å². The predicted molar refractivity (Wildman–Crippen MR) is 198 cm³/mol. The molecule has 0 saturated carbocycles. The van der Waals surface area contributed by atoms with Gasteiger partial charge in [0, 0.05) is 24.0 Å². The molecular formula is C42H42FN5O4. The van der Waals surface area contributed by atoms with E-state index >= 15 is 0 Å². The number of carbonyl (C=O) groups is 2. The van der Waals surface area contributed by atoms with Gasteiger partial charge in [-0.05, 0) is 85.7 Å². The molecule has 1 N–H and O–H groups in total. The molecule has 1 atom stereocenters. The average molecular weight is 700 g/mol. The maximum atomic E-state index is 14.7. The third-order valence-corrected chi connectivity index (χ3v) is 9.40. The molecule has 0 saturated heterocycles. The number of imidazole rings is 1. The Morgan fingerprint density at radius 1 is 0.962 bits per heavy atom. The van der Waals surface area contributed by atoms with Gasteiger partial charge < -0.3 is 14.0 Å². The van der Waals surface area contributed by atoms with Crippen LogP contribution in [0, 0.1) is 12.7 Å². The van der Waals surface area contributed by atoms with Crippen LogP contribution in [0.25, 0.3) is 33.5 Å². The third kappa shape index (κ3) is 7.06. The van der Waals surface area contributed by atoms with Crippen LogP contribution in [0.15, 0.2) is 91.0 Å². The molecule has 9 nitrogen and oxygen atoms in total. The highest BCUT2D eigenvalue weighted by Gasteiger charge is 2.41. The number of ether oxygens (including phenoxy) is 2. The predicted octanol–water partition coefficient (Wildman–Crippen LogP) is 8.56. The summed E-state index contributed by atoms with van der Waals surface area (Å²) in [5.41, 5.74) is 7.40. The summed E-state index contributed by atoms with van der Waals surface area (Å²) in [5.74, 6) is -0.161. The van der Waals surface area contributed by atoms with Gasteiger partial charge in [0.2, 0.25) is 0 Å². The molecule has 3 heterocycles. The summed E-state index contributed by atoms with van der Waals surface area (Å²) in [6.45, 7) is 9.82. The zero-order chi connectivity index (χ0) is 36.6. The standard InChI is InChI=1S/C42H42FN5O4/c1-6-29-19-26(2)33(43)21-32(29)30-17-18-31-34(20-30)45-46-38(31)39-44-35-24-48(41(50)52-42(3,4)5)37(40(49)51-25-28-15-11-8-12-16-28)22-36(35)47(39)23-27-13-9-7-10-14-27/h7-21,37H,6,22-25H2,1-5H3,(H,45,46)/t37-/m0/s1. The molecular weight excluding hydrogens is 657 g/mol. The van der Waals surface area contributed by atoms with Gasteiger partial charge in [-0.1, -0.05) is 79.7 Å². The van der Waals surface area contributed by atoms with Crippen molar-refractivity contribution in [1.29, 1.82) is 0 Å². The van der Waals surface area contributed by atoms with Crippen LogP contribution < -0.4 is 0 Å². The van der Waals surface area contributed by atoms with E-state index in [1.807, 2.05) is 84.9 Å². The molecule has 0 spiro atoms. The van der Waals surface area contributed by atoms with Gasteiger partial charge in [-0.15, -0.1) is 0 Å². The fourth-order valence-electron chi connectivity index (χ4n) is 6.78. The molecule has 4 aromatic carbocycles. The number of amides is 1. The number of fused-ring (bicyclic) bond motifs is 2. The van der Waals surface area contributed by atoms with Gasteiger partial charge in [-0.2, -0.15) is 5.10 Å². The normalized spacial score (nSPS) is 14.3. The van der Waals surface area contributed by atoms with Crippen LogP contribution in [0.3, 0.4) is 0 Å². The molecule has 2 aromatic heterocycles. The summed E-state index contributed by atoms with van der Waals surface area (Å²) in [6, 6.07) is 28.0. The topological polar surface area (TPSA) is 102 Å². The van der Waals surface area contributed by atoms with Crippen molar-refractivity contribution in [3.8, 4) is 22.6 Å². The highest BCUT2D eigenvalue weighted by Crippen LogP contribution is 2.36. The fraction of sp³-hybridized carbons (Fsp3) is 0.286. The second-order valence-electron chi connectivity index (χ2n) is 14.3. The second kappa shape index (κ2) is 14.1. The summed E-state index contributed by atoms with van der Waals surface area (Å²) in [7, 11) is 0. The quantitative estimate of drug-likeness (QED) is 0.160. The molecule has 1 amide bonds. The number of hydrogen-bond donors (Lipinski definition) is 1. The number of aromatic nitrogens is 4. The molecule has 1 aliphatic heterocycles. The van der Waals surface area contributed by atoms with Crippen LogP contribution in [0.4, 0.5) is 9.18 Å². The number of benzene rings is 4. The lowest BCUT2D eigenvalue weighted by Gasteiger charge is -2.35. The minimum absolute atomic E-state index is 0.0510. The maximum absolute atomic E-state index is 14.7.